The quantitative estimate of drug-likeness (QED) is 0.634. The van der Waals surface area contributed by atoms with Gasteiger partial charge in [-0.2, -0.15) is 0 Å². The zero-order chi connectivity index (χ0) is 13.0. The molecule has 0 radical (unpaired) electrons. The van der Waals surface area contributed by atoms with Crippen molar-refractivity contribution in [3.63, 3.8) is 0 Å². The first-order valence-corrected chi connectivity index (χ1v) is 10.6. The number of halogens is 5. The van der Waals surface area contributed by atoms with Crippen LogP contribution in [-0.4, -0.2) is 11.1 Å². The Labute approximate surface area is 117 Å². The van der Waals surface area contributed by atoms with Crippen molar-refractivity contribution in [1.29, 1.82) is 0 Å². The van der Waals surface area contributed by atoms with E-state index in [1.54, 1.807) is 25.1 Å². The molecule has 0 saturated carbocycles. The molecule has 0 spiro atoms. The minimum atomic E-state index is -3.69. The first-order valence-electron chi connectivity index (χ1n) is 3.85. The molecule has 1 aromatic rings. The van der Waals surface area contributed by atoms with Gasteiger partial charge in [0.2, 0.25) is 0 Å². The molecule has 0 bridgehead atoms. The summed E-state index contributed by atoms with van der Waals surface area (Å²) in [5.41, 5.74) is 1.18. The topological polar surface area (TPSA) is 37.3 Å². The molecule has 8 heteroatoms. The summed E-state index contributed by atoms with van der Waals surface area (Å²) >= 11 is 24.9. The van der Waals surface area contributed by atoms with Crippen LogP contribution in [0.15, 0.2) is 24.3 Å². The average molecular weight is 344 g/mol. The third-order valence-corrected chi connectivity index (χ3v) is 1.38. The summed E-state index contributed by atoms with van der Waals surface area (Å²) in [6.45, 7) is 1.78. The summed E-state index contributed by atoms with van der Waals surface area (Å²) in [4.78, 5) is 10.4. The van der Waals surface area contributed by atoms with E-state index in [0.29, 0.717) is 5.56 Å². The van der Waals surface area contributed by atoms with Gasteiger partial charge < -0.3 is 5.11 Å². The van der Waals surface area contributed by atoms with Crippen LogP contribution in [0.5, 0.6) is 0 Å². The number of benzene rings is 1. The molecule has 1 aromatic carbocycles. The molecule has 92 valence electrons. The van der Waals surface area contributed by atoms with Crippen LogP contribution < -0.4 is 0 Å². The van der Waals surface area contributed by atoms with Crippen LogP contribution >= 0.6 is 59.6 Å². The zero-order valence-corrected chi connectivity index (χ0v) is 12.7. The van der Waals surface area contributed by atoms with Gasteiger partial charge in [0.05, 0.1) is 5.56 Å². The first kappa shape index (κ1) is 16.6. The fourth-order valence-corrected chi connectivity index (χ4v) is 0.813. The third-order valence-electron chi connectivity index (χ3n) is 1.38. The molecule has 0 saturated heterocycles. The van der Waals surface area contributed by atoms with E-state index >= 15 is 0 Å². The SMILES string of the molecule is Cc1ccccc1C(=O)O.ClP(Cl)(Cl)(Cl)Cl. The van der Waals surface area contributed by atoms with E-state index in [0.717, 1.165) is 5.56 Å². The molecule has 0 aromatic heterocycles. The van der Waals surface area contributed by atoms with Crippen LogP contribution in [0.4, 0.5) is 0 Å². The fraction of sp³-hybridized carbons (Fsp3) is 0.125. The van der Waals surface area contributed by atoms with Crippen molar-refractivity contribution in [3.8, 4) is 0 Å². The third kappa shape index (κ3) is 11.1. The van der Waals surface area contributed by atoms with Gasteiger partial charge >= 0.3 is 65.5 Å². The molecule has 0 heterocycles. The van der Waals surface area contributed by atoms with Gasteiger partial charge in [0, 0.05) is 0 Å². The number of hydrogen-bond acceptors (Lipinski definition) is 1. The summed E-state index contributed by atoms with van der Waals surface area (Å²) in [5.74, 6) is -0.863. The monoisotopic (exact) mass is 342 g/mol. The molecule has 2 nitrogen and oxygen atoms in total. The van der Waals surface area contributed by atoms with Crippen LogP contribution in [0, 0.1) is 6.92 Å². The number of carboxylic acid groups (broad SMARTS) is 1. The van der Waals surface area contributed by atoms with Gasteiger partial charge in [0.15, 0.2) is 0 Å². The standard InChI is InChI=1S/C8H8O2.Cl5P/c1-6-4-2-3-5-7(6)8(9)10;1-6(2,3,4)5/h2-5H,1H3,(H,9,10);. The molecule has 0 unspecified atom stereocenters. The predicted octanol–water partition coefficient (Wildman–Crippen LogP) is 6.00. The first-order chi connectivity index (χ1) is 6.95. The molecular weight excluding hydrogens is 336 g/mol. The van der Waals surface area contributed by atoms with Gasteiger partial charge in [-0.3, -0.25) is 0 Å². The van der Waals surface area contributed by atoms with Crippen LogP contribution in [-0.2, 0) is 0 Å². The van der Waals surface area contributed by atoms with Crippen LogP contribution in [0.1, 0.15) is 15.9 Å². The van der Waals surface area contributed by atoms with Gasteiger partial charge in [-0.1, -0.05) is 18.2 Å². The average Bonchev–Trinajstić information content (AvgIpc) is 1.99. The zero-order valence-electron chi connectivity index (χ0n) is 8.00. The van der Waals surface area contributed by atoms with Crippen molar-refractivity contribution in [1.82, 2.24) is 0 Å². The summed E-state index contributed by atoms with van der Waals surface area (Å²) < 4.78 is -3.69. The Morgan fingerprint density at radius 3 is 1.75 bits per heavy atom. The number of aromatic carboxylic acids is 1. The van der Waals surface area contributed by atoms with Gasteiger partial charge in [0.25, 0.3) is 0 Å². The van der Waals surface area contributed by atoms with Crippen molar-refractivity contribution in [2.24, 2.45) is 0 Å². The molecular formula is C8H8Cl5O2P. The predicted molar refractivity (Wildman–Crippen MR) is 74.3 cm³/mol. The second-order valence-corrected chi connectivity index (χ2v) is 19.4. The van der Waals surface area contributed by atoms with Crippen LogP contribution in [0.2, 0.25) is 0 Å². The van der Waals surface area contributed by atoms with E-state index in [9.17, 15) is 4.79 Å². The molecule has 16 heavy (non-hydrogen) atoms. The number of rotatable bonds is 1. The van der Waals surface area contributed by atoms with E-state index in [2.05, 4.69) is 0 Å². The Hall–Kier alpha value is 0.570. The summed E-state index contributed by atoms with van der Waals surface area (Å²) in [6.07, 6.45) is 0. The van der Waals surface area contributed by atoms with E-state index < -0.39 is 9.34 Å². The van der Waals surface area contributed by atoms with Crippen LogP contribution in [0.25, 0.3) is 0 Å². The number of carbonyl (C=O) groups is 1. The van der Waals surface area contributed by atoms with E-state index in [4.69, 9.17) is 61.3 Å². The normalized spacial score (nSPS) is 13.0. The number of carboxylic acids is 1. The summed E-state index contributed by atoms with van der Waals surface area (Å²) in [6, 6.07) is 6.92. The molecule has 0 amide bonds. The maximum atomic E-state index is 10.4. The Morgan fingerprint density at radius 1 is 1.12 bits per heavy atom. The van der Waals surface area contributed by atoms with E-state index in [1.165, 1.54) is 0 Å². The molecule has 1 N–H and O–H groups in total. The molecule has 0 aliphatic heterocycles. The second kappa shape index (κ2) is 5.95. The van der Waals surface area contributed by atoms with Gasteiger partial charge in [-0.05, 0) is 18.6 Å². The van der Waals surface area contributed by atoms with Gasteiger partial charge in [0.1, 0.15) is 0 Å². The van der Waals surface area contributed by atoms with Crippen molar-refractivity contribution < 1.29 is 9.90 Å². The number of hydrogen-bond donors (Lipinski definition) is 1. The van der Waals surface area contributed by atoms with Gasteiger partial charge in [-0.15, -0.1) is 0 Å². The second-order valence-electron chi connectivity index (χ2n) is 2.76. The van der Waals surface area contributed by atoms with E-state index in [1.807, 2.05) is 6.07 Å². The molecule has 1 rings (SSSR count). The van der Waals surface area contributed by atoms with Crippen molar-refractivity contribution in [3.05, 3.63) is 35.4 Å². The molecule has 0 fully saturated rings. The van der Waals surface area contributed by atoms with Crippen molar-refractivity contribution in [2.45, 2.75) is 6.92 Å². The Kier molecular flexibility index (Phi) is 6.16. The number of aryl methyl sites for hydroxylation is 1. The summed E-state index contributed by atoms with van der Waals surface area (Å²) in [7, 11) is 0. The maximum absolute atomic E-state index is 10.4. The minimum absolute atomic E-state index is 0.377. The summed E-state index contributed by atoms with van der Waals surface area (Å²) in [5, 5.41) is 8.57. The fourth-order valence-electron chi connectivity index (χ4n) is 0.813. The Morgan fingerprint density at radius 2 is 1.50 bits per heavy atom. The van der Waals surface area contributed by atoms with Crippen LogP contribution in [0.3, 0.4) is 0 Å². The van der Waals surface area contributed by atoms with E-state index in [-0.39, 0.29) is 0 Å². The van der Waals surface area contributed by atoms with Gasteiger partial charge in [-0.25, -0.2) is 4.79 Å². The molecule has 0 aliphatic rings. The van der Waals surface area contributed by atoms with Crippen molar-refractivity contribution in [2.75, 3.05) is 0 Å². The Balaban J connectivity index is 0.000000325. The molecule has 0 aliphatic carbocycles. The molecule has 0 atom stereocenters. The Bertz CT molecular complexity index is 369. The van der Waals surface area contributed by atoms with Crippen molar-refractivity contribution >= 4 is 65.5 Å².